The summed E-state index contributed by atoms with van der Waals surface area (Å²) in [5.74, 6) is 0.459. The van der Waals surface area contributed by atoms with Crippen molar-refractivity contribution in [3.63, 3.8) is 0 Å². The van der Waals surface area contributed by atoms with E-state index in [0.29, 0.717) is 22.5 Å². The molecule has 21 heavy (non-hydrogen) atoms. The highest BCUT2D eigenvalue weighted by Gasteiger charge is 2.29. The van der Waals surface area contributed by atoms with Gasteiger partial charge in [-0.2, -0.15) is 0 Å². The van der Waals surface area contributed by atoms with Gasteiger partial charge in [-0.1, -0.05) is 35.3 Å². The van der Waals surface area contributed by atoms with E-state index < -0.39 is 6.10 Å². The summed E-state index contributed by atoms with van der Waals surface area (Å²) in [5, 5.41) is 11.4. The van der Waals surface area contributed by atoms with E-state index in [4.69, 9.17) is 23.2 Å². The monoisotopic (exact) mass is 322 g/mol. The molecule has 3 rings (SSSR count). The van der Waals surface area contributed by atoms with Crippen LogP contribution in [0, 0.1) is 0 Å². The molecule has 0 amide bonds. The fourth-order valence-electron chi connectivity index (χ4n) is 2.62. The summed E-state index contributed by atoms with van der Waals surface area (Å²) in [6.07, 6.45) is 2.93. The number of hydrogen-bond acceptors (Lipinski definition) is 3. The molecule has 0 radical (unpaired) electrons. The van der Waals surface area contributed by atoms with E-state index in [2.05, 4.69) is 9.88 Å². The van der Waals surface area contributed by atoms with Gasteiger partial charge in [0.25, 0.3) is 0 Å². The first-order valence-corrected chi connectivity index (χ1v) is 7.64. The van der Waals surface area contributed by atoms with Crippen LogP contribution >= 0.6 is 23.2 Å². The fourth-order valence-corrected chi connectivity index (χ4v) is 2.93. The Morgan fingerprint density at radius 3 is 2.71 bits per heavy atom. The molecule has 1 N–H and O–H groups in total. The van der Waals surface area contributed by atoms with Crippen LogP contribution in [0.25, 0.3) is 0 Å². The molecular weight excluding hydrogens is 307 g/mol. The zero-order valence-electron chi connectivity index (χ0n) is 11.4. The number of likely N-dealkylation sites (tertiary alicyclic amines) is 1. The molecular formula is C16H16Cl2N2O. The Hall–Kier alpha value is -1.13. The summed E-state index contributed by atoms with van der Waals surface area (Å²) in [4.78, 5) is 6.26. The molecule has 1 fully saturated rings. The minimum atomic E-state index is -0.492. The van der Waals surface area contributed by atoms with Crippen molar-refractivity contribution in [3.05, 3.63) is 63.9 Å². The number of aliphatic hydroxyl groups is 1. The molecule has 1 aliphatic rings. The second-order valence-corrected chi connectivity index (χ2v) is 6.21. The third-order valence-electron chi connectivity index (χ3n) is 3.87. The van der Waals surface area contributed by atoms with E-state index in [9.17, 15) is 5.11 Å². The maximum absolute atomic E-state index is 10.2. The Kier molecular flexibility index (Phi) is 4.45. The highest BCUT2D eigenvalue weighted by Crippen LogP contribution is 2.32. The average molecular weight is 323 g/mol. The topological polar surface area (TPSA) is 36.4 Å². The molecule has 1 aromatic heterocycles. The van der Waals surface area contributed by atoms with Crippen molar-refractivity contribution >= 4 is 23.2 Å². The number of hydrogen-bond donors (Lipinski definition) is 1. The average Bonchev–Trinajstić information content (AvgIpc) is 2.46. The lowest BCUT2D eigenvalue weighted by Gasteiger charge is -2.40. The van der Waals surface area contributed by atoms with E-state index in [0.717, 1.165) is 18.7 Å². The predicted octanol–water partition coefficient (Wildman–Crippen LogP) is 3.52. The summed E-state index contributed by atoms with van der Waals surface area (Å²) in [7, 11) is 0. The zero-order valence-corrected chi connectivity index (χ0v) is 12.9. The van der Waals surface area contributed by atoms with Crippen molar-refractivity contribution in [1.29, 1.82) is 0 Å². The van der Waals surface area contributed by atoms with E-state index in [1.807, 2.05) is 30.3 Å². The Morgan fingerprint density at radius 2 is 2.05 bits per heavy atom. The van der Waals surface area contributed by atoms with Crippen molar-refractivity contribution in [2.45, 2.75) is 12.0 Å². The fraction of sp³-hybridized carbons (Fsp3) is 0.312. The number of halogens is 2. The third kappa shape index (κ3) is 3.38. The van der Waals surface area contributed by atoms with Crippen molar-refractivity contribution in [2.75, 3.05) is 19.6 Å². The Bertz CT molecular complexity index is 615. The second kappa shape index (κ2) is 6.32. The predicted molar refractivity (Wildman–Crippen MR) is 84.8 cm³/mol. The molecule has 1 aromatic carbocycles. The van der Waals surface area contributed by atoms with Gasteiger partial charge < -0.3 is 5.11 Å². The Labute approximate surface area is 134 Å². The third-order valence-corrected chi connectivity index (χ3v) is 4.61. The van der Waals surface area contributed by atoms with Crippen molar-refractivity contribution in [3.8, 4) is 0 Å². The van der Waals surface area contributed by atoms with E-state index >= 15 is 0 Å². The van der Waals surface area contributed by atoms with Gasteiger partial charge in [-0.3, -0.25) is 9.88 Å². The van der Waals surface area contributed by atoms with Crippen molar-refractivity contribution in [1.82, 2.24) is 9.88 Å². The molecule has 3 nitrogen and oxygen atoms in total. The Balaban J connectivity index is 1.55. The van der Waals surface area contributed by atoms with Gasteiger partial charge in [-0.15, -0.1) is 0 Å². The summed E-state index contributed by atoms with van der Waals surface area (Å²) in [5.41, 5.74) is 2.06. The summed E-state index contributed by atoms with van der Waals surface area (Å²) < 4.78 is 0. The molecule has 0 bridgehead atoms. The lowest BCUT2D eigenvalue weighted by atomic mass is 9.91. The van der Waals surface area contributed by atoms with E-state index in [1.54, 1.807) is 12.4 Å². The smallest absolute Gasteiger partial charge is 0.0931 e. The second-order valence-electron chi connectivity index (χ2n) is 5.39. The minimum absolute atomic E-state index is 0.459. The quantitative estimate of drug-likeness (QED) is 0.935. The first kappa shape index (κ1) is 14.8. The van der Waals surface area contributed by atoms with Gasteiger partial charge in [0.05, 0.1) is 16.1 Å². The SMILES string of the molecule is O[C@H](CN1CC(c2ccc(Cl)c(Cl)c2)C1)c1cccnc1. The highest BCUT2D eigenvalue weighted by atomic mass is 35.5. The summed E-state index contributed by atoms with van der Waals surface area (Å²) in [6, 6.07) is 9.53. The van der Waals surface area contributed by atoms with Crippen molar-refractivity contribution < 1.29 is 5.11 Å². The van der Waals surface area contributed by atoms with Crippen LogP contribution in [-0.4, -0.2) is 34.6 Å². The lowest BCUT2D eigenvalue weighted by Crippen LogP contribution is -2.46. The van der Waals surface area contributed by atoms with Gasteiger partial charge in [0.2, 0.25) is 0 Å². The van der Waals surface area contributed by atoms with Crippen LogP contribution in [0.4, 0.5) is 0 Å². The van der Waals surface area contributed by atoms with Gasteiger partial charge in [0.15, 0.2) is 0 Å². The maximum Gasteiger partial charge on any atom is 0.0931 e. The van der Waals surface area contributed by atoms with Crippen LogP contribution in [0.1, 0.15) is 23.1 Å². The number of pyridine rings is 1. The largest absolute Gasteiger partial charge is 0.387 e. The number of β-amino-alcohol motifs (C(OH)–C–C–N with tert-alkyl or cyclic N) is 1. The molecule has 1 saturated heterocycles. The normalized spacial score (nSPS) is 17.5. The first-order chi connectivity index (χ1) is 10.1. The number of aliphatic hydroxyl groups excluding tert-OH is 1. The van der Waals surface area contributed by atoms with Gasteiger partial charge >= 0.3 is 0 Å². The van der Waals surface area contributed by atoms with E-state index in [-0.39, 0.29) is 0 Å². The molecule has 110 valence electrons. The number of nitrogens with zero attached hydrogens (tertiary/aromatic N) is 2. The number of rotatable bonds is 4. The molecule has 0 aliphatic carbocycles. The summed E-state index contributed by atoms with van der Waals surface area (Å²) >= 11 is 12.0. The molecule has 2 heterocycles. The van der Waals surface area contributed by atoms with Gasteiger partial charge in [0, 0.05) is 43.5 Å². The van der Waals surface area contributed by atoms with Crippen LogP contribution in [0.3, 0.4) is 0 Å². The molecule has 5 heteroatoms. The molecule has 1 atom stereocenters. The molecule has 0 saturated carbocycles. The number of aromatic nitrogens is 1. The van der Waals surface area contributed by atoms with Crippen LogP contribution in [-0.2, 0) is 0 Å². The molecule has 0 unspecified atom stereocenters. The summed E-state index contributed by atoms with van der Waals surface area (Å²) in [6.45, 7) is 2.48. The molecule has 0 spiro atoms. The standard InChI is InChI=1S/C16H16Cl2N2O/c17-14-4-3-11(6-15(14)18)13-8-20(9-13)10-16(21)12-2-1-5-19-7-12/h1-7,13,16,21H,8-10H2/t16-/m1/s1. The zero-order chi connectivity index (χ0) is 14.8. The van der Waals surface area contributed by atoms with Crippen LogP contribution in [0.15, 0.2) is 42.7 Å². The molecule has 1 aliphatic heterocycles. The highest BCUT2D eigenvalue weighted by molar-refractivity contribution is 6.42. The van der Waals surface area contributed by atoms with Crippen molar-refractivity contribution in [2.24, 2.45) is 0 Å². The van der Waals surface area contributed by atoms with Gasteiger partial charge in [-0.25, -0.2) is 0 Å². The Morgan fingerprint density at radius 1 is 1.24 bits per heavy atom. The van der Waals surface area contributed by atoms with Gasteiger partial charge in [0.1, 0.15) is 0 Å². The number of benzene rings is 1. The maximum atomic E-state index is 10.2. The first-order valence-electron chi connectivity index (χ1n) is 6.89. The van der Waals surface area contributed by atoms with Crippen LogP contribution in [0.5, 0.6) is 0 Å². The van der Waals surface area contributed by atoms with Crippen LogP contribution < -0.4 is 0 Å². The van der Waals surface area contributed by atoms with E-state index in [1.165, 1.54) is 5.56 Å². The van der Waals surface area contributed by atoms with Crippen LogP contribution in [0.2, 0.25) is 10.0 Å². The lowest BCUT2D eigenvalue weighted by molar-refractivity contribution is 0.0644. The van der Waals surface area contributed by atoms with Gasteiger partial charge in [-0.05, 0) is 23.8 Å². The minimum Gasteiger partial charge on any atom is -0.387 e. The molecule has 2 aromatic rings.